The molecule has 1 aromatic rings. The fraction of sp³-hybridized carbons (Fsp3) is 0.500. The first kappa shape index (κ1) is 21.4. The number of carbonyl (C=O) groups excluding carboxylic acids is 3. The van der Waals surface area contributed by atoms with Gasteiger partial charge in [0.15, 0.2) is 0 Å². The molecule has 1 aromatic carbocycles. The zero-order valence-corrected chi connectivity index (χ0v) is 16.9. The summed E-state index contributed by atoms with van der Waals surface area (Å²) in [5.41, 5.74) is 0.436. The maximum atomic E-state index is 12.9. The largest absolute Gasteiger partial charge is 0.481 e. The summed E-state index contributed by atoms with van der Waals surface area (Å²) in [5, 5.41) is 11.4. The van der Waals surface area contributed by atoms with Crippen LogP contribution in [0.25, 0.3) is 0 Å². The standard InChI is InChI=1S/C20H27N3O5/c1-19(2,3)13-6-8-14(9-7-13)20(4)17(27)23(18(28)21-20)12-15(24)22(5)11-10-16(25)26/h6-9H,10-12H2,1-5H3,(H,21,28)(H,25,26). The normalized spacial score (nSPS) is 19.5. The molecule has 1 heterocycles. The number of benzene rings is 1. The molecule has 1 aliphatic heterocycles. The summed E-state index contributed by atoms with van der Waals surface area (Å²) in [5.74, 6) is -2.04. The topological polar surface area (TPSA) is 107 Å². The van der Waals surface area contributed by atoms with Crippen molar-refractivity contribution in [2.24, 2.45) is 0 Å². The number of urea groups is 1. The van der Waals surface area contributed by atoms with Gasteiger partial charge in [0, 0.05) is 13.6 Å². The van der Waals surface area contributed by atoms with Crippen LogP contribution in [0.5, 0.6) is 0 Å². The second kappa shape index (κ2) is 7.61. The molecule has 0 spiro atoms. The molecule has 1 fully saturated rings. The number of carbonyl (C=O) groups is 4. The summed E-state index contributed by atoms with van der Waals surface area (Å²) in [6, 6.07) is 6.82. The van der Waals surface area contributed by atoms with Crippen LogP contribution in [0, 0.1) is 0 Å². The quantitative estimate of drug-likeness (QED) is 0.720. The number of nitrogens with zero attached hydrogens (tertiary/aromatic N) is 2. The van der Waals surface area contributed by atoms with Gasteiger partial charge < -0.3 is 15.3 Å². The fourth-order valence-electron chi connectivity index (χ4n) is 2.98. The molecule has 8 heteroatoms. The molecule has 1 unspecified atom stereocenters. The Kier molecular flexibility index (Phi) is 5.82. The number of carboxylic acids is 1. The van der Waals surface area contributed by atoms with Crippen molar-refractivity contribution in [3.05, 3.63) is 35.4 Å². The molecule has 1 atom stereocenters. The molecule has 2 N–H and O–H groups in total. The Bertz CT molecular complexity index is 797. The second-order valence-electron chi connectivity index (χ2n) is 8.23. The maximum Gasteiger partial charge on any atom is 0.325 e. The Morgan fingerprint density at radius 2 is 1.75 bits per heavy atom. The second-order valence-corrected chi connectivity index (χ2v) is 8.23. The van der Waals surface area contributed by atoms with Crippen LogP contribution in [0.1, 0.15) is 45.2 Å². The van der Waals surface area contributed by atoms with Crippen molar-refractivity contribution >= 4 is 23.8 Å². The van der Waals surface area contributed by atoms with E-state index in [1.54, 1.807) is 6.92 Å². The monoisotopic (exact) mass is 389 g/mol. The van der Waals surface area contributed by atoms with E-state index in [0.29, 0.717) is 5.56 Å². The Hall–Kier alpha value is -2.90. The number of likely N-dealkylation sites (N-methyl/N-ethyl adjacent to an activating group) is 1. The van der Waals surface area contributed by atoms with E-state index < -0.39 is 35.9 Å². The van der Waals surface area contributed by atoms with Crippen LogP contribution in [0.15, 0.2) is 24.3 Å². The lowest BCUT2D eigenvalue weighted by Gasteiger charge is -2.25. The summed E-state index contributed by atoms with van der Waals surface area (Å²) < 4.78 is 0. The van der Waals surface area contributed by atoms with Gasteiger partial charge in [-0.25, -0.2) is 4.79 Å². The van der Waals surface area contributed by atoms with E-state index in [9.17, 15) is 19.2 Å². The number of rotatable bonds is 6. The minimum atomic E-state index is -1.26. The van der Waals surface area contributed by atoms with E-state index in [1.165, 1.54) is 11.9 Å². The van der Waals surface area contributed by atoms with Gasteiger partial charge in [0.25, 0.3) is 5.91 Å². The van der Waals surface area contributed by atoms with Gasteiger partial charge in [-0.15, -0.1) is 0 Å². The molecule has 0 radical (unpaired) electrons. The minimum Gasteiger partial charge on any atom is -0.481 e. The average Bonchev–Trinajstić information content (AvgIpc) is 2.83. The summed E-state index contributed by atoms with van der Waals surface area (Å²) in [6.07, 6.45) is -0.208. The number of aliphatic carboxylic acids is 1. The van der Waals surface area contributed by atoms with E-state index in [2.05, 4.69) is 26.1 Å². The first-order valence-electron chi connectivity index (χ1n) is 9.07. The number of carboxylic acid groups (broad SMARTS) is 1. The third-order valence-corrected chi connectivity index (χ3v) is 4.98. The Morgan fingerprint density at radius 3 is 2.25 bits per heavy atom. The van der Waals surface area contributed by atoms with Crippen molar-refractivity contribution in [1.29, 1.82) is 0 Å². The molecular weight excluding hydrogens is 362 g/mol. The van der Waals surface area contributed by atoms with Crippen molar-refractivity contribution in [2.45, 2.75) is 45.1 Å². The minimum absolute atomic E-state index is 0.00332. The highest BCUT2D eigenvalue weighted by Crippen LogP contribution is 2.31. The van der Waals surface area contributed by atoms with Crippen LogP contribution >= 0.6 is 0 Å². The van der Waals surface area contributed by atoms with Crippen molar-refractivity contribution in [2.75, 3.05) is 20.1 Å². The van der Waals surface area contributed by atoms with E-state index in [1.807, 2.05) is 24.3 Å². The smallest absolute Gasteiger partial charge is 0.325 e. The number of nitrogens with one attached hydrogen (secondary N) is 1. The molecule has 0 bridgehead atoms. The van der Waals surface area contributed by atoms with Crippen LogP contribution in [-0.2, 0) is 25.3 Å². The lowest BCUT2D eigenvalue weighted by Crippen LogP contribution is -2.44. The van der Waals surface area contributed by atoms with E-state index in [4.69, 9.17) is 5.11 Å². The first-order valence-corrected chi connectivity index (χ1v) is 9.07. The Balaban J connectivity index is 2.15. The molecule has 0 saturated carbocycles. The third kappa shape index (κ3) is 4.32. The zero-order valence-electron chi connectivity index (χ0n) is 16.9. The van der Waals surface area contributed by atoms with E-state index in [-0.39, 0.29) is 18.4 Å². The number of amides is 4. The van der Waals surface area contributed by atoms with Crippen molar-refractivity contribution in [3.8, 4) is 0 Å². The molecule has 28 heavy (non-hydrogen) atoms. The first-order chi connectivity index (χ1) is 12.9. The average molecular weight is 389 g/mol. The fourth-order valence-corrected chi connectivity index (χ4v) is 2.98. The van der Waals surface area contributed by atoms with Gasteiger partial charge in [0.2, 0.25) is 5.91 Å². The number of hydrogen-bond acceptors (Lipinski definition) is 4. The summed E-state index contributed by atoms with van der Waals surface area (Å²) in [6.45, 7) is 7.43. The lowest BCUT2D eigenvalue weighted by atomic mass is 9.84. The molecule has 2 rings (SSSR count). The van der Waals surface area contributed by atoms with Gasteiger partial charge in [-0.1, -0.05) is 45.0 Å². The van der Waals surface area contributed by atoms with Gasteiger partial charge in [-0.3, -0.25) is 19.3 Å². The molecule has 0 aliphatic carbocycles. The van der Waals surface area contributed by atoms with Crippen LogP contribution < -0.4 is 5.32 Å². The van der Waals surface area contributed by atoms with Crippen molar-refractivity contribution in [3.63, 3.8) is 0 Å². The van der Waals surface area contributed by atoms with Crippen LogP contribution in [0.3, 0.4) is 0 Å². The molecular formula is C20H27N3O5. The molecule has 8 nitrogen and oxygen atoms in total. The van der Waals surface area contributed by atoms with Gasteiger partial charge in [-0.2, -0.15) is 0 Å². The highest BCUT2D eigenvalue weighted by molar-refractivity contribution is 6.09. The van der Waals surface area contributed by atoms with Gasteiger partial charge in [-0.05, 0) is 23.5 Å². The summed E-state index contributed by atoms with van der Waals surface area (Å²) in [7, 11) is 1.44. The zero-order chi connectivity index (χ0) is 21.3. The maximum absolute atomic E-state index is 12.9. The molecule has 0 aromatic heterocycles. The highest BCUT2D eigenvalue weighted by Gasteiger charge is 2.49. The van der Waals surface area contributed by atoms with Crippen LogP contribution in [-0.4, -0.2) is 58.9 Å². The van der Waals surface area contributed by atoms with Gasteiger partial charge in [0.05, 0.1) is 6.42 Å². The SMILES string of the molecule is CN(CCC(=O)O)C(=O)CN1C(=O)NC(C)(c2ccc(C(C)(C)C)cc2)C1=O. The van der Waals surface area contributed by atoms with E-state index >= 15 is 0 Å². The Labute approximate surface area is 164 Å². The summed E-state index contributed by atoms with van der Waals surface area (Å²) >= 11 is 0. The van der Waals surface area contributed by atoms with E-state index in [0.717, 1.165) is 10.5 Å². The summed E-state index contributed by atoms with van der Waals surface area (Å²) in [4.78, 5) is 50.2. The number of hydrogen-bond donors (Lipinski definition) is 2. The Morgan fingerprint density at radius 1 is 1.18 bits per heavy atom. The highest BCUT2D eigenvalue weighted by atomic mass is 16.4. The lowest BCUT2D eigenvalue weighted by molar-refractivity contribution is -0.140. The molecule has 1 saturated heterocycles. The number of imide groups is 1. The third-order valence-electron chi connectivity index (χ3n) is 4.98. The molecule has 152 valence electrons. The van der Waals surface area contributed by atoms with Gasteiger partial charge in [0.1, 0.15) is 12.1 Å². The van der Waals surface area contributed by atoms with Gasteiger partial charge >= 0.3 is 12.0 Å². The van der Waals surface area contributed by atoms with Crippen molar-refractivity contribution in [1.82, 2.24) is 15.1 Å². The van der Waals surface area contributed by atoms with Crippen LogP contribution in [0.4, 0.5) is 4.79 Å². The molecule has 1 aliphatic rings. The predicted octanol–water partition coefficient (Wildman–Crippen LogP) is 1.68. The predicted molar refractivity (Wildman–Crippen MR) is 103 cm³/mol. The van der Waals surface area contributed by atoms with Crippen molar-refractivity contribution < 1.29 is 24.3 Å². The van der Waals surface area contributed by atoms with Crippen LogP contribution in [0.2, 0.25) is 0 Å². The molecule has 4 amide bonds.